The molecule has 1 aromatic carbocycles. The molecule has 0 aliphatic rings. The molecule has 0 aromatic heterocycles. The number of nitrogens with one attached hydrogen (secondary N) is 1. The lowest BCUT2D eigenvalue weighted by Crippen LogP contribution is -2.49. The Morgan fingerprint density at radius 3 is 2.33 bits per heavy atom. The fraction of sp³-hybridized carbons (Fsp3) is 0.538. The van der Waals surface area contributed by atoms with Gasteiger partial charge in [0.2, 0.25) is 10.0 Å². The van der Waals surface area contributed by atoms with Crippen molar-refractivity contribution in [2.24, 2.45) is 5.73 Å². The molecule has 0 saturated carbocycles. The summed E-state index contributed by atoms with van der Waals surface area (Å²) in [6, 6.07) is 4.33. The molecule has 0 saturated heterocycles. The van der Waals surface area contributed by atoms with Crippen LogP contribution in [-0.4, -0.2) is 27.6 Å². The summed E-state index contributed by atoms with van der Waals surface area (Å²) in [4.78, 5) is 0.0952. The lowest BCUT2D eigenvalue weighted by atomic mass is 9.95. The van der Waals surface area contributed by atoms with Crippen molar-refractivity contribution < 1.29 is 13.2 Å². The molecule has 0 bridgehead atoms. The molecule has 0 aliphatic heterocycles. The number of rotatable bonds is 7. The van der Waals surface area contributed by atoms with E-state index in [-0.39, 0.29) is 28.9 Å². The highest BCUT2D eigenvalue weighted by Gasteiger charge is 2.24. The summed E-state index contributed by atoms with van der Waals surface area (Å²) >= 11 is 5.94. The zero-order valence-electron chi connectivity index (χ0n) is 12.3. The molecule has 1 aromatic rings. The number of hydrogen-bond donors (Lipinski definition) is 2. The standard InChI is InChI=1S/C13H21ClN2O3S.ClH/c1-4-13(15,5-2)9-16-20(17,18)10-6-7-12(19-3)11(14)8-10;/h6-8,16H,4-5,9,15H2,1-3H3;1H. The lowest BCUT2D eigenvalue weighted by Gasteiger charge is -2.26. The van der Waals surface area contributed by atoms with Crippen molar-refractivity contribution in [3.8, 4) is 5.75 Å². The minimum atomic E-state index is -3.63. The van der Waals surface area contributed by atoms with Gasteiger partial charge in [-0.25, -0.2) is 13.1 Å². The molecular weight excluding hydrogens is 335 g/mol. The molecule has 0 spiro atoms. The Hall–Kier alpha value is -0.530. The van der Waals surface area contributed by atoms with Gasteiger partial charge in [-0.05, 0) is 31.0 Å². The minimum absolute atomic E-state index is 0. The zero-order valence-corrected chi connectivity index (χ0v) is 14.7. The van der Waals surface area contributed by atoms with Crippen LogP contribution in [0.2, 0.25) is 5.02 Å². The highest BCUT2D eigenvalue weighted by Crippen LogP contribution is 2.26. The molecule has 8 heteroatoms. The van der Waals surface area contributed by atoms with Crippen LogP contribution >= 0.6 is 24.0 Å². The molecule has 5 nitrogen and oxygen atoms in total. The van der Waals surface area contributed by atoms with E-state index in [1.165, 1.54) is 25.3 Å². The third-order valence-corrected chi connectivity index (χ3v) is 5.15. The predicted octanol–water partition coefficient (Wildman–Crippen LogP) is 2.57. The van der Waals surface area contributed by atoms with E-state index in [4.69, 9.17) is 22.1 Å². The van der Waals surface area contributed by atoms with Gasteiger partial charge >= 0.3 is 0 Å². The number of sulfonamides is 1. The first-order chi connectivity index (χ1) is 9.28. The Balaban J connectivity index is 0.00000400. The van der Waals surface area contributed by atoms with E-state index >= 15 is 0 Å². The maximum atomic E-state index is 12.2. The summed E-state index contributed by atoms with van der Waals surface area (Å²) in [7, 11) is -2.16. The van der Waals surface area contributed by atoms with Crippen LogP contribution in [0, 0.1) is 0 Å². The van der Waals surface area contributed by atoms with Crippen LogP contribution in [-0.2, 0) is 10.0 Å². The van der Waals surface area contributed by atoms with E-state index < -0.39 is 15.6 Å². The van der Waals surface area contributed by atoms with Crippen LogP contribution in [0.15, 0.2) is 23.1 Å². The van der Waals surface area contributed by atoms with Crippen LogP contribution in [0.3, 0.4) is 0 Å². The average molecular weight is 357 g/mol. The third kappa shape index (κ3) is 5.30. The maximum Gasteiger partial charge on any atom is 0.240 e. The van der Waals surface area contributed by atoms with E-state index in [0.717, 1.165) is 0 Å². The van der Waals surface area contributed by atoms with E-state index in [9.17, 15) is 8.42 Å². The van der Waals surface area contributed by atoms with E-state index in [0.29, 0.717) is 18.6 Å². The van der Waals surface area contributed by atoms with Crippen molar-refractivity contribution >= 4 is 34.0 Å². The number of nitrogens with two attached hydrogens (primary N) is 1. The van der Waals surface area contributed by atoms with E-state index in [1.54, 1.807) is 0 Å². The molecule has 0 aliphatic carbocycles. The van der Waals surface area contributed by atoms with Crippen molar-refractivity contribution in [3.05, 3.63) is 23.2 Å². The summed E-state index contributed by atoms with van der Waals surface area (Å²) in [6.07, 6.45) is 1.38. The topological polar surface area (TPSA) is 81.4 Å². The van der Waals surface area contributed by atoms with Gasteiger partial charge in [0.05, 0.1) is 17.0 Å². The van der Waals surface area contributed by atoms with Gasteiger partial charge in [-0.3, -0.25) is 0 Å². The second-order valence-corrected chi connectivity index (χ2v) is 6.86. The van der Waals surface area contributed by atoms with Crippen LogP contribution < -0.4 is 15.2 Å². The fourth-order valence-corrected chi connectivity index (χ4v) is 3.12. The fourth-order valence-electron chi connectivity index (χ4n) is 1.64. The molecule has 21 heavy (non-hydrogen) atoms. The SMILES string of the molecule is CCC(N)(CC)CNS(=O)(=O)c1ccc(OC)c(Cl)c1.Cl. The number of methoxy groups -OCH3 is 1. The van der Waals surface area contributed by atoms with Crippen LogP contribution in [0.25, 0.3) is 0 Å². The molecule has 0 fully saturated rings. The summed E-state index contributed by atoms with van der Waals surface area (Å²) < 4.78 is 31.9. The highest BCUT2D eigenvalue weighted by atomic mass is 35.5. The quantitative estimate of drug-likeness (QED) is 0.786. The van der Waals surface area contributed by atoms with Gasteiger partial charge < -0.3 is 10.5 Å². The van der Waals surface area contributed by atoms with Gasteiger partial charge in [0.25, 0.3) is 0 Å². The highest BCUT2D eigenvalue weighted by molar-refractivity contribution is 7.89. The van der Waals surface area contributed by atoms with Crippen molar-refractivity contribution in [2.75, 3.05) is 13.7 Å². The predicted molar refractivity (Wildman–Crippen MR) is 87.9 cm³/mol. The molecular formula is C13H22Cl2N2O3S. The Labute approximate surface area is 137 Å². The number of ether oxygens (including phenoxy) is 1. The second kappa shape index (κ2) is 8.19. The van der Waals surface area contributed by atoms with Crippen molar-refractivity contribution in [3.63, 3.8) is 0 Å². The number of benzene rings is 1. The summed E-state index contributed by atoms with van der Waals surface area (Å²) in [5.41, 5.74) is 5.55. The van der Waals surface area contributed by atoms with E-state index in [2.05, 4.69) is 4.72 Å². The van der Waals surface area contributed by atoms with Gasteiger partial charge in [0, 0.05) is 12.1 Å². The average Bonchev–Trinajstić information content (AvgIpc) is 2.44. The summed E-state index contributed by atoms with van der Waals surface area (Å²) in [5, 5.41) is 0.250. The van der Waals surface area contributed by atoms with Crippen LogP contribution in [0.4, 0.5) is 0 Å². The molecule has 0 atom stereocenters. The summed E-state index contributed by atoms with van der Waals surface area (Å²) in [5.74, 6) is 0.431. The Kier molecular flexibility index (Phi) is 7.99. The lowest BCUT2D eigenvalue weighted by molar-refractivity contribution is 0.391. The molecule has 0 amide bonds. The number of halogens is 2. The number of hydrogen-bond acceptors (Lipinski definition) is 4. The molecule has 1 rings (SSSR count). The van der Waals surface area contributed by atoms with Crippen molar-refractivity contribution in [2.45, 2.75) is 37.1 Å². The first-order valence-electron chi connectivity index (χ1n) is 6.40. The normalized spacial score (nSPS) is 11.9. The second-order valence-electron chi connectivity index (χ2n) is 4.69. The third-order valence-electron chi connectivity index (χ3n) is 3.46. The van der Waals surface area contributed by atoms with Gasteiger partial charge in [0.15, 0.2) is 0 Å². The maximum absolute atomic E-state index is 12.2. The first kappa shape index (κ1) is 20.5. The molecule has 3 N–H and O–H groups in total. The minimum Gasteiger partial charge on any atom is -0.495 e. The Bertz CT molecular complexity index is 561. The summed E-state index contributed by atoms with van der Waals surface area (Å²) in [6.45, 7) is 4.05. The van der Waals surface area contributed by atoms with Gasteiger partial charge in [-0.15, -0.1) is 12.4 Å². The molecule has 0 unspecified atom stereocenters. The Morgan fingerprint density at radius 2 is 1.90 bits per heavy atom. The monoisotopic (exact) mass is 356 g/mol. The first-order valence-corrected chi connectivity index (χ1v) is 8.26. The largest absolute Gasteiger partial charge is 0.495 e. The molecule has 122 valence electrons. The van der Waals surface area contributed by atoms with Gasteiger partial charge in [-0.1, -0.05) is 25.4 Å². The molecule has 0 radical (unpaired) electrons. The van der Waals surface area contributed by atoms with Crippen LogP contribution in [0.1, 0.15) is 26.7 Å². The smallest absolute Gasteiger partial charge is 0.240 e. The van der Waals surface area contributed by atoms with E-state index in [1.807, 2.05) is 13.8 Å². The van der Waals surface area contributed by atoms with Crippen molar-refractivity contribution in [1.29, 1.82) is 0 Å². The zero-order chi connectivity index (χ0) is 15.4. The van der Waals surface area contributed by atoms with Crippen LogP contribution in [0.5, 0.6) is 5.75 Å². The van der Waals surface area contributed by atoms with Gasteiger partial charge in [0.1, 0.15) is 5.75 Å². The molecule has 0 heterocycles. The van der Waals surface area contributed by atoms with Crippen molar-refractivity contribution in [1.82, 2.24) is 4.72 Å². The van der Waals surface area contributed by atoms with Gasteiger partial charge in [-0.2, -0.15) is 0 Å². The Morgan fingerprint density at radius 1 is 1.33 bits per heavy atom.